The molecule has 0 saturated carbocycles. The predicted molar refractivity (Wildman–Crippen MR) is 56.0 cm³/mol. The van der Waals surface area contributed by atoms with Crippen LogP contribution in [0.1, 0.15) is 34.0 Å². The predicted octanol–water partition coefficient (Wildman–Crippen LogP) is 4.67. The van der Waals surface area contributed by atoms with Gasteiger partial charge in [0.2, 0.25) is 0 Å². The van der Waals surface area contributed by atoms with E-state index in [1.807, 2.05) is 0 Å². The summed E-state index contributed by atoms with van der Waals surface area (Å²) < 4.78 is 76.2. The Labute approximate surface area is 109 Å². The highest BCUT2D eigenvalue weighted by atomic mass is 35.5. The van der Waals surface area contributed by atoms with Crippen LogP contribution < -0.4 is 0 Å². The second kappa shape index (κ2) is 5.03. The second-order valence-corrected chi connectivity index (χ2v) is 4.03. The number of carbonyl (C=O) groups excluding carboxylic acids is 1. The van der Waals surface area contributed by atoms with Crippen molar-refractivity contribution in [1.82, 2.24) is 0 Å². The van der Waals surface area contributed by atoms with Crippen molar-refractivity contribution >= 4 is 16.8 Å². The summed E-state index contributed by atoms with van der Waals surface area (Å²) in [6.07, 6.45) is -10.5. The highest BCUT2D eigenvalue weighted by Crippen LogP contribution is 2.43. The molecule has 0 aliphatic carbocycles. The topological polar surface area (TPSA) is 17.1 Å². The lowest BCUT2D eigenvalue weighted by molar-refractivity contribution is -0.162. The van der Waals surface area contributed by atoms with Gasteiger partial charge in [0.05, 0.1) is 11.1 Å². The van der Waals surface area contributed by atoms with Crippen LogP contribution in [0.4, 0.5) is 26.3 Å². The molecular weight excluding hydrogens is 298 g/mol. The Balaban J connectivity index is 3.77. The van der Waals surface area contributed by atoms with Crippen molar-refractivity contribution in [2.75, 3.05) is 0 Å². The molecule has 1 rings (SSSR count). The minimum Gasteiger partial charge on any atom is -0.276 e. The van der Waals surface area contributed by atoms with Gasteiger partial charge in [-0.2, -0.15) is 26.3 Å². The Morgan fingerprint density at radius 3 is 1.95 bits per heavy atom. The number of rotatable bonds is 2. The fourth-order valence-electron chi connectivity index (χ4n) is 1.59. The zero-order chi connectivity index (χ0) is 15.0. The third kappa shape index (κ3) is 3.40. The van der Waals surface area contributed by atoms with Gasteiger partial charge in [-0.15, -0.1) is 0 Å². The lowest BCUT2D eigenvalue weighted by Gasteiger charge is -2.19. The smallest absolute Gasteiger partial charge is 0.276 e. The summed E-state index contributed by atoms with van der Waals surface area (Å²) in [4.78, 5) is 11.0. The molecule has 0 amide bonds. The van der Waals surface area contributed by atoms with Crippen molar-refractivity contribution in [3.63, 3.8) is 0 Å². The van der Waals surface area contributed by atoms with E-state index in [-0.39, 0.29) is 12.0 Å². The first-order valence-electron chi connectivity index (χ1n) is 4.99. The molecular formula is C11H7ClF6O. The second-order valence-electron chi connectivity index (χ2n) is 3.69. The van der Waals surface area contributed by atoms with Crippen LogP contribution in [-0.2, 0) is 18.8 Å². The van der Waals surface area contributed by atoms with Gasteiger partial charge in [0.1, 0.15) is 0 Å². The fourth-order valence-corrected chi connectivity index (χ4v) is 1.74. The summed E-state index contributed by atoms with van der Waals surface area (Å²) in [6, 6.07) is 1.11. The van der Waals surface area contributed by atoms with Crippen molar-refractivity contribution < 1.29 is 31.1 Å². The van der Waals surface area contributed by atoms with E-state index in [2.05, 4.69) is 0 Å². The van der Waals surface area contributed by atoms with Gasteiger partial charge in [-0.25, -0.2) is 0 Å². The van der Waals surface area contributed by atoms with E-state index in [1.165, 1.54) is 6.92 Å². The van der Waals surface area contributed by atoms with E-state index < -0.39 is 34.3 Å². The van der Waals surface area contributed by atoms with Crippen LogP contribution in [0.2, 0.25) is 0 Å². The maximum atomic E-state index is 12.7. The highest BCUT2D eigenvalue weighted by Gasteiger charge is 2.46. The van der Waals surface area contributed by atoms with Gasteiger partial charge in [0, 0.05) is 5.56 Å². The summed E-state index contributed by atoms with van der Waals surface area (Å²) in [5.41, 5.74) is -5.18. The molecule has 106 valence electrons. The van der Waals surface area contributed by atoms with E-state index in [0.29, 0.717) is 6.07 Å². The maximum absolute atomic E-state index is 12.7. The van der Waals surface area contributed by atoms with E-state index in [1.54, 1.807) is 0 Å². The number of carbonyl (C=O) groups is 1. The van der Waals surface area contributed by atoms with Gasteiger partial charge >= 0.3 is 12.4 Å². The summed E-state index contributed by atoms with van der Waals surface area (Å²) in [6.45, 7) is 1.45. The third-order valence-corrected chi connectivity index (χ3v) is 2.61. The summed E-state index contributed by atoms with van der Waals surface area (Å²) in [5.74, 6) is 0. The molecule has 0 fully saturated rings. The Morgan fingerprint density at radius 2 is 1.63 bits per heavy atom. The largest absolute Gasteiger partial charge is 0.417 e. The van der Waals surface area contributed by atoms with Crippen LogP contribution in [0.25, 0.3) is 0 Å². The van der Waals surface area contributed by atoms with Gasteiger partial charge in [-0.1, -0.05) is 6.92 Å². The molecule has 19 heavy (non-hydrogen) atoms. The molecule has 0 radical (unpaired) electrons. The van der Waals surface area contributed by atoms with Crippen LogP contribution in [0, 0.1) is 0 Å². The zero-order valence-electron chi connectivity index (χ0n) is 9.42. The SMILES string of the molecule is CCc1cc(C(=O)Cl)c(C(F)(F)F)c(C(F)(F)F)c1. The van der Waals surface area contributed by atoms with Gasteiger partial charge in [-0.05, 0) is 35.7 Å². The Bertz CT molecular complexity index is 503. The highest BCUT2D eigenvalue weighted by molar-refractivity contribution is 6.68. The van der Waals surface area contributed by atoms with Crippen molar-refractivity contribution in [1.29, 1.82) is 0 Å². The van der Waals surface area contributed by atoms with Gasteiger partial charge in [0.15, 0.2) is 0 Å². The molecule has 0 atom stereocenters. The molecule has 0 spiro atoms. The average molecular weight is 305 g/mol. The van der Waals surface area contributed by atoms with Crippen molar-refractivity contribution in [2.45, 2.75) is 25.7 Å². The molecule has 1 aromatic carbocycles. The number of hydrogen-bond acceptors (Lipinski definition) is 1. The van der Waals surface area contributed by atoms with Crippen LogP contribution in [0.3, 0.4) is 0 Å². The van der Waals surface area contributed by atoms with Crippen LogP contribution in [-0.4, -0.2) is 5.24 Å². The number of alkyl halides is 6. The summed E-state index contributed by atoms with van der Waals surface area (Å²) in [7, 11) is 0. The van der Waals surface area contributed by atoms with Gasteiger partial charge < -0.3 is 0 Å². The van der Waals surface area contributed by atoms with Crippen molar-refractivity contribution in [2.24, 2.45) is 0 Å². The molecule has 0 bridgehead atoms. The lowest BCUT2D eigenvalue weighted by Crippen LogP contribution is -2.20. The van der Waals surface area contributed by atoms with Crippen LogP contribution in [0.5, 0.6) is 0 Å². The lowest BCUT2D eigenvalue weighted by atomic mass is 9.96. The Kier molecular flexibility index (Phi) is 4.19. The monoisotopic (exact) mass is 304 g/mol. The molecule has 1 nitrogen and oxygen atoms in total. The third-order valence-electron chi connectivity index (χ3n) is 2.41. The summed E-state index contributed by atoms with van der Waals surface area (Å²) in [5, 5.41) is -1.58. The molecule has 8 heteroatoms. The fraction of sp³-hybridized carbons (Fsp3) is 0.364. The number of aryl methyl sites for hydroxylation is 1. The quantitative estimate of drug-likeness (QED) is 0.573. The Morgan fingerprint density at radius 1 is 1.11 bits per heavy atom. The first-order valence-corrected chi connectivity index (χ1v) is 5.37. The van der Waals surface area contributed by atoms with E-state index in [4.69, 9.17) is 11.6 Å². The van der Waals surface area contributed by atoms with Crippen molar-refractivity contribution in [3.05, 3.63) is 34.4 Å². The van der Waals surface area contributed by atoms with Crippen molar-refractivity contribution in [3.8, 4) is 0 Å². The van der Waals surface area contributed by atoms with Gasteiger partial charge in [-0.3, -0.25) is 4.79 Å². The first-order chi connectivity index (χ1) is 8.48. The molecule has 1 aromatic rings. The minimum absolute atomic E-state index is 0.0401. The minimum atomic E-state index is -5.32. The molecule has 0 aromatic heterocycles. The summed E-state index contributed by atoms with van der Waals surface area (Å²) >= 11 is 4.96. The molecule has 0 aliphatic rings. The number of benzene rings is 1. The molecule has 0 N–H and O–H groups in total. The first kappa shape index (κ1) is 15.8. The molecule has 0 unspecified atom stereocenters. The molecule has 0 saturated heterocycles. The van der Waals surface area contributed by atoms with Gasteiger partial charge in [0.25, 0.3) is 5.24 Å². The van der Waals surface area contributed by atoms with E-state index >= 15 is 0 Å². The van der Waals surface area contributed by atoms with Crippen LogP contribution >= 0.6 is 11.6 Å². The molecule has 0 aliphatic heterocycles. The number of hydrogen-bond donors (Lipinski definition) is 0. The number of halogens is 7. The molecule has 0 heterocycles. The zero-order valence-corrected chi connectivity index (χ0v) is 10.2. The van der Waals surface area contributed by atoms with Crippen LogP contribution in [0.15, 0.2) is 12.1 Å². The van der Waals surface area contributed by atoms with E-state index in [9.17, 15) is 31.1 Å². The average Bonchev–Trinajstić information content (AvgIpc) is 2.24. The maximum Gasteiger partial charge on any atom is 0.417 e. The normalized spacial score (nSPS) is 12.6. The Hall–Kier alpha value is -1.24. The van der Waals surface area contributed by atoms with E-state index in [0.717, 1.165) is 6.07 Å². The standard InChI is InChI=1S/C11H7ClF6O/c1-2-5-3-6(9(12)19)8(11(16,17)18)7(4-5)10(13,14)15/h3-4H,2H2,1H3.